The number of thioether (sulfide) groups is 1. The Morgan fingerprint density at radius 3 is 2.56 bits per heavy atom. The van der Waals surface area contributed by atoms with Crippen molar-refractivity contribution in [3.63, 3.8) is 0 Å². The smallest absolute Gasteiger partial charge is 0.289 e. The van der Waals surface area contributed by atoms with Crippen molar-refractivity contribution in [3.8, 4) is 0 Å². The predicted molar refractivity (Wildman–Crippen MR) is 67.0 cm³/mol. The molecule has 0 aromatic carbocycles. The normalized spacial score (nSPS) is 29.0. The van der Waals surface area contributed by atoms with Crippen LogP contribution in [0.15, 0.2) is 0 Å². The Bertz CT molecular complexity index is 392. The Kier molecular flexibility index (Phi) is 3.05. The highest BCUT2D eigenvalue weighted by atomic mass is 32.2. The summed E-state index contributed by atoms with van der Waals surface area (Å²) in [6.07, 6.45) is 3.87. The van der Waals surface area contributed by atoms with Crippen LogP contribution in [-0.4, -0.2) is 51.7 Å². The third kappa shape index (κ3) is 1.92. The largest absolute Gasteiger partial charge is 0.340 e. The monoisotopic (exact) mass is 268 g/mol. The zero-order valence-electron chi connectivity index (χ0n) is 10.1. The van der Waals surface area contributed by atoms with Crippen molar-refractivity contribution in [2.75, 3.05) is 18.8 Å². The lowest BCUT2D eigenvalue weighted by Gasteiger charge is -2.29. The number of carbonyl (C=O) groups excluding carboxylic acids is 3. The molecule has 0 bridgehead atoms. The first-order valence-corrected chi connectivity index (χ1v) is 7.43. The third-order valence-electron chi connectivity index (χ3n) is 4.08. The van der Waals surface area contributed by atoms with Crippen molar-refractivity contribution in [3.05, 3.63) is 0 Å². The molecular weight excluding hydrogens is 252 g/mol. The number of amides is 3. The maximum atomic E-state index is 12.1. The minimum absolute atomic E-state index is 0.0935. The van der Waals surface area contributed by atoms with Crippen molar-refractivity contribution >= 4 is 28.8 Å². The van der Waals surface area contributed by atoms with Gasteiger partial charge in [-0.05, 0) is 19.3 Å². The first kappa shape index (κ1) is 12.0. The number of hydrogen-bond donors (Lipinski definition) is 0. The SMILES string of the molecule is O=C(C1CCC1)N1CC[C@@H](N2C(=O)CSC2=O)C1. The van der Waals surface area contributed by atoms with E-state index in [4.69, 9.17) is 0 Å². The third-order valence-corrected chi connectivity index (χ3v) is 4.91. The van der Waals surface area contributed by atoms with E-state index in [-0.39, 0.29) is 34.8 Å². The number of carbonyl (C=O) groups is 3. The fraction of sp³-hybridized carbons (Fsp3) is 0.750. The Morgan fingerprint density at radius 1 is 1.22 bits per heavy atom. The summed E-state index contributed by atoms with van der Waals surface area (Å²) < 4.78 is 0. The van der Waals surface area contributed by atoms with Gasteiger partial charge in [-0.1, -0.05) is 18.2 Å². The lowest BCUT2D eigenvalue weighted by molar-refractivity contribution is -0.137. The summed E-state index contributed by atoms with van der Waals surface area (Å²) in [5.41, 5.74) is 0. The maximum Gasteiger partial charge on any atom is 0.289 e. The maximum absolute atomic E-state index is 12.1. The number of imide groups is 1. The Hall–Kier alpha value is -1.04. The van der Waals surface area contributed by atoms with Crippen LogP contribution in [-0.2, 0) is 9.59 Å². The molecule has 0 aromatic rings. The lowest BCUT2D eigenvalue weighted by Crippen LogP contribution is -2.43. The number of likely N-dealkylation sites (tertiary alicyclic amines) is 1. The summed E-state index contributed by atoms with van der Waals surface area (Å²) in [5, 5.41) is -0.150. The minimum atomic E-state index is -0.150. The van der Waals surface area contributed by atoms with Gasteiger partial charge in [0.15, 0.2) is 0 Å². The zero-order valence-corrected chi connectivity index (χ0v) is 10.9. The first-order valence-electron chi connectivity index (χ1n) is 6.44. The minimum Gasteiger partial charge on any atom is -0.340 e. The first-order chi connectivity index (χ1) is 8.66. The predicted octanol–water partition coefficient (Wildman–Crippen LogP) is 1.08. The second-order valence-corrected chi connectivity index (χ2v) is 6.10. The van der Waals surface area contributed by atoms with Gasteiger partial charge in [0.2, 0.25) is 11.8 Å². The van der Waals surface area contributed by atoms with Crippen LogP contribution < -0.4 is 0 Å². The zero-order chi connectivity index (χ0) is 12.7. The van der Waals surface area contributed by atoms with E-state index in [2.05, 4.69) is 0 Å². The molecular formula is C12H16N2O3S. The van der Waals surface area contributed by atoms with E-state index < -0.39 is 0 Å². The van der Waals surface area contributed by atoms with E-state index >= 15 is 0 Å². The van der Waals surface area contributed by atoms with Gasteiger partial charge in [-0.15, -0.1) is 0 Å². The molecule has 2 saturated heterocycles. The summed E-state index contributed by atoms with van der Waals surface area (Å²) >= 11 is 1.07. The molecule has 2 heterocycles. The molecule has 0 unspecified atom stereocenters. The van der Waals surface area contributed by atoms with Gasteiger partial charge in [0, 0.05) is 19.0 Å². The van der Waals surface area contributed by atoms with Crippen LogP contribution in [0.2, 0.25) is 0 Å². The van der Waals surface area contributed by atoms with Gasteiger partial charge >= 0.3 is 0 Å². The Morgan fingerprint density at radius 2 is 2.00 bits per heavy atom. The van der Waals surface area contributed by atoms with Gasteiger partial charge in [-0.2, -0.15) is 0 Å². The van der Waals surface area contributed by atoms with Crippen LogP contribution in [0.1, 0.15) is 25.7 Å². The quantitative estimate of drug-likeness (QED) is 0.752. The summed E-state index contributed by atoms with van der Waals surface area (Å²) in [4.78, 5) is 38.5. The van der Waals surface area contributed by atoms with Crippen molar-refractivity contribution in [2.45, 2.75) is 31.7 Å². The van der Waals surface area contributed by atoms with Gasteiger partial charge in [0.1, 0.15) is 0 Å². The van der Waals surface area contributed by atoms with Crippen LogP contribution in [0.4, 0.5) is 4.79 Å². The Labute approximate surface area is 110 Å². The molecule has 5 nitrogen and oxygen atoms in total. The molecule has 3 aliphatic rings. The Balaban J connectivity index is 1.62. The van der Waals surface area contributed by atoms with E-state index in [0.717, 1.165) is 37.4 Å². The molecule has 3 rings (SSSR count). The summed E-state index contributed by atoms with van der Waals surface area (Å²) in [7, 11) is 0. The molecule has 0 radical (unpaired) electrons. The van der Waals surface area contributed by atoms with Crippen LogP contribution in [0.3, 0.4) is 0 Å². The van der Waals surface area contributed by atoms with Crippen LogP contribution in [0, 0.1) is 5.92 Å². The highest BCUT2D eigenvalue weighted by molar-refractivity contribution is 8.14. The molecule has 0 spiro atoms. The highest BCUT2D eigenvalue weighted by Crippen LogP contribution is 2.31. The second-order valence-electron chi connectivity index (χ2n) is 5.17. The number of hydrogen-bond acceptors (Lipinski definition) is 4. The van der Waals surface area contributed by atoms with Crippen LogP contribution >= 0.6 is 11.8 Å². The van der Waals surface area contributed by atoms with Crippen molar-refractivity contribution in [1.29, 1.82) is 0 Å². The molecule has 0 N–H and O–H groups in total. The highest BCUT2D eigenvalue weighted by Gasteiger charge is 2.41. The molecule has 98 valence electrons. The van der Waals surface area contributed by atoms with Crippen molar-refractivity contribution in [2.24, 2.45) is 5.92 Å². The summed E-state index contributed by atoms with van der Waals surface area (Å²) in [6.45, 7) is 1.22. The molecule has 0 aromatic heterocycles. The van der Waals surface area contributed by atoms with E-state index in [9.17, 15) is 14.4 Å². The van der Waals surface area contributed by atoms with Crippen molar-refractivity contribution < 1.29 is 14.4 Å². The topological polar surface area (TPSA) is 57.7 Å². The van der Waals surface area contributed by atoms with Gasteiger partial charge in [0.05, 0.1) is 11.8 Å². The van der Waals surface area contributed by atoms with Gasteiger partial charge < -0.3 is 4.90 Å². The van der Waals surface area contributed by atoms with E-state index in [1.807, 2.05) is 4.90 Å². The summed E-state index contributed by atoms with van der Waals surface area (Å²) in [5.74, 6) is 0.567. The molecule has 2 aliphatic heterocycles. The number of nitrogens with zero attached hydrogens (tertiary/aromatic N) is 2. The standard InChI is InChI=1S/C12H16N2O3S/c15-10-7-18-12(17)14(10)9-4-5-13(6-9)11(16)8-2-1-3-8/h8-9H,1-7H2/t9-/m1/s1. The molecule has 3 amide bonds. The second kappa shape index (κ2) is 4.57. The van der Waals surface area contributed by atoms with E-state index in [1.54, 1.807) is 0 Å². The molecule has 1 saturated carbocycles. The summed E-state index contributed by atoms with van der Waals surface area (Å²) in [6, 6.07) is -0.0935. The average molecular weight is 268 g/mol. The van der Waals surface area contributed by atoms with Crippen molar-refractivity contribution in [1.82, 2.24) is 9.80 Å². The molecule has 6 heteroatoms. The fourth-order valence-electron chi connectivity index (χ4n) is 2.78. The lowest BCUT2D eigenvalue weighted by atomic mass is 9.84. The van der Waals surface area contributed by atoms with Crippen LogP contribution in [0.25, 0.3) is 0 Å². The molecule has 3 fully saturated rings. The van der Waals surface area contributed by atoms with Gasteiger partial charge in [-0.25, -0.2) is 0 Å². The fourth-order valence-corrected chi connectivity index (χ4v) is 3.56. The van der Waals surface area contributed by atoms with Gasteiger partial charge in [-0.3, -0.25) is 19.3 Å². The van der Waals surface area contributed by atoms with Crippen LogP contribution in [0.5, 0.6) is 0 Å². The molecule has 1 aliphatic carbocycles. The van der Waals surface area contributed by atoms with E-state index in [0.29, 0.717) is 13.1 Å². The van der Waals surface area contributed by atoms with E-state index in [1.165, 1.54) is 4.90 Å². The average Bonchev–Trinajstić information content (AvgIpc) is 2.83. The molecule has 1 atom stereocenters. The number of rotatable bonds is 2. The molecule has 18 heavy (non-hydrogen) atoms. The van der Waals surface area contributed by atoms with Gasteiger partial charge in [0.25, 0.3) is 5.24 Å².